The number of aryl methyl sites for hydroxylation is 2. The maximum Gasteiger partial charge on any atom is 0.325 e. The van der Waals surface area contributed by atoms with Crippen molar-refractivity contribution in [2.24, 2.45) is 0 Å². The Labute approximate surface area is 161 Å². The molecule has 1 fully saturated rings. The van der Waals surface area contributed by atoms with E-state index in [-0.39, 0.29) is 19.1 Å². The maximum atomic E-state index is 13.1. The number of ether oxygens (including phenoxy) is 1. The second kappa shape index (κ2) is 6.98. The predicted molar refractivity (Wildman–Crippen MR) is 102 cm³/mol. The SMILES string of the molecule is Cc1ccc(OC[C@@H](O)CN2C(=O)N[C@]3(CCCc4sccc43)C2=O)cc1. The first-order chi connectivity index (χ1) is 13.0. The fourth-order valence-electron chi connectivity index (χ4n) is 3.80. The lowest BCUT2D eigenvalue weighted by Crippen LogP contribution is -2.46. The Morgan fingerprint density at radius 1 is 1.30 bits per heavy atom. The summed E-state index contributed by atoms with van der Waals surface area (Å²) in [6, 6.07) is 8.97. The molecule has 1 aliphatic carbocycles. The Hall–Kier alpha value is -2.38. The number of β-amino-alcohol motifs (C(OH)–C–C–N with tert-alkyl or cyclic N) is 1. The number of amides is 3. The average Bonchev–Trinajstić information content (AvgIpc) is 3.22. The van der Waals surface area contributed by atoms with Crippen LogP contribution >= 0.6 is 11.3 Å². The minimum atomic E-state index is -0.970. The van der Waals surface area contributed by atoms with E-state index in [0.29, 0.717) is 12.2 Å². The van der Waals surface area contributed by atoms with E-state index in [9.17, 15) is 14.7 Å². The summed E-state index contributed by atoms with van der Waals surface area (Å²) in [6.07, 6.45) is 1.42. The highest BCUT2D eigenvalue weighted by Gasteiger charge is 2.54. The van der Waals surface area contributed by atoms with Crippen LogP contribution in [0.5, 0.6) is 5.75 Å². The summed E-state index contributed by atoms with van der Waals surface area (Å²) in [5.74, 6) is 0.366. The number of aliphatic hydroxyl groups excluding tert-OH is 1. The van der Waals surface area contributed by atoms with E-state index < -0.39 is 17.7 Å². The number of rotatable bonds is 5. The minimum Gasteiger partial charge on any atom is -0.491 e. The molecule has 0 saturated carbocycles. The Balaban J connectivity index is 1.43. The first kappa shape index (κ1) is 18.0. The second-order valence-electron chi connectivity index (χ2n) is 7.14. The van der Waals surface area contributed by atoms with Crippen molar-refractivity contribution in [2.75, 3.05) is 13.2 Å². The molecule has 2 N–H and O–H groups in total. The van der Waals surface area contributed by atoms with Crippen LogP contribution < -0.4 is 10.1 Å². The first-order valence-corrected chi connectivity index (χ1v) is 9.96. The van der Waals surface area contributed by atoms with Crippen LogP contribution in [0.15, 0.2) is 35.7 Å². The van der Waals surface area contributed by atoms with E-state index in [0.717, 1.165) is 33.7 Å². The first-order valence-electron chi connectivity index (χ1n) is 9.08. The van der Waals surface area contributed by atoms with E-state index in [4.69, 9.17) is 4.74 Å². The Morgan fingerprint density at radius 3 is 2.85 bits per heavy atom. The zero-order chi connectivity index (χ0) is 19.0. The number of imide groups is 1. The number of fused-ring (bicyclic) bond motifs is 2. The van der Waals surface area contributed by atoms with E-state index in [1.807, 2.05) is 42.6 Å². The monoisotopic (exact) mass is 386 g/mol. The van der Waals surface area contributed by atoms with Gasteiger partial charge in [0.1, 0.15) is 24.0 Å². The van der Waals surface area contributed by atoms with Gasteiger partial charge >= 0.3 is 6.03 Å². The Kier molecular flexibility index (Phi) is 4.65. The molecule has 0 bridgehead atoms. The maximum absolute atomic E-state index is 13.1. The van der Waals surface area contributed by atoms with Crippen LogP contribution in [0.25, 0.3) is 0 Å². The number of carbonyl (C=O) groups is 2. The van der Waals surface area contributed by atoms with Crippen LogP contribution in [-0.2, 0) is 16.8 Å². The molecule has 0 unspecified atom stereocenters. The molecule has 27 heavy (non-hydrogen) atoms. The van der Waals surface area contributed by atoms with Gasteiger partial charge in [0.05, 0.1) is 6.54 Å². The molecule has 1 saturated heterocycles. The number of nitrogens with zero attached hydrogens (tertiary/aromatic N) is 1. The topological polar surface area (TPSA) is 78.9 Å². The lowest BCUT2D eigenvalue weighted by atomic mass is 9.80. The number of benzene rings is 1. The molecule has 2 heterocycles. The van der Waals surface area contributed by atoms with Gasteiger partial charge < -0.3 is 15.2 Å². The van der Waals surface area contributed by atoms with E-state index in [2.05, 4.69) is 5.32 Å². The summed E-state index contributed by atoms with van der Waals surface area (Å²) >= 11 is 1.62. The summed E-state index contributed by atoms with van der Waals surface area (Å²) in [6.45, 7) is 1.91. The fraction of sp³-hybridized carbons (Fsp3) is 0.400. The second-order valence-corrected chi connectivity index (χ2v) is 8.14. The number of thiophene rings is 1. The van der Waals surface area contributed by atoms with Gasteiger partial charge in [-0.3, -0.25) is 9.69 Å². The summed E-state index contributed by atoms with van der Waals surface area (Å²) in [5, 5.41) is 15.2. The third-order valence-electron chi connectivity index (χ3n) is 5.19. The van der Waals surface area contributed by atoms with Gasteiger partial charge in [-0.25, -0.2) is 4.79 Å². The zero-order valence-electron chi connectivity index (χ0n) is 15.1. The van der Waals surface area contributed by atoms with Crippen molar-refractivity contribution < 1.29 is 19.4 Å². The molecular weight excluding hydrogens is 364 g/mol. The normalized spacial score (nSPS) is 22.7. The molecule has 7 heteroatoms. The van der Waals surface area contributed by atoms with Gasteiger partial charge in [0.15, 0.2) is 0 Å². The summed E-state index contributed by atoms with van der Waals surface area (Å²) in [5.41, 5.74) is 1.06. The van der Waals surface area contributed by atoms with E-state index in [1.54, 1.807) is 11.3 Å². The van der Waals surface area contributed by atoms with Crippen LogP contribution in [0, 0.1) is 6.92 Å². The molecule has 1 aliphatic heterocycles. The van der Waals surface area contributed by atoms with Gasteiger partial charge in [0, 0.05) is 10.4 Å². The average molecular weight is 386 g/mol. The van der Waals surface area contributed by atoms with Crippen LogP contribution in [0.4, 0.5) is 4.79 Å². The molecule has 2 atom stereocenters. The molecule has 2 aromatic rings. The standard InChI is InChI=1S/C20H22N2O4S/c1-13-4-6-15(7-5-13)26-12-14(23)11-22-18(24)20(21-19(22)25)9-2-3-17-16(20)8-10-27-17/h4-8,10,14,23H,2-3,9,11-12H2,1H3,(H,21,25)/t14-,20-/m0/s1. The highest BCUT2D eigenvalue weighted by atomic mass is 32.1. The summed E-state index contributed by atoms with van der Waals surface area (Å²) in [7, 11) is 0. The van der Waals surface area contributed by atoms with Gasteiger partial charge in [-0.2, -0.15) is 0 Å². The molecule has 142 valence electrons. The summed E-state index contributed by atoms with van der Waals surface area (Å²) in [4.78, 5) is 27.9. The smallest absolute Gasteiger partial charge is 0.325 e. The molecule has 1 spiro atoms. The van der Waals surface area contributed by atoms with Crippen molar-refractivity contribution in [3.8, 4) is 5.75 Å². The third-order valence-corrected chi connectivity index (χ3v) is 6.17. The third kappa shape index (κ3) is 3.21. The van der Waals surface area contributed by atoms with Crippen molar-refractivity contribution in [3.63, 3.8) is 0 Å². The number of carbonyl (C=O) groups excluding carboxylic acids is 2. The van der Waals surface area contributed by atoms with Crippen LogP contribution in [-0.4, -0.2) is 41.2 Å². The van der Waals surface area contributed by atoms with Gasteiger partial charge in [-0.15, -0.1) is 11.3 Å². The fourth-order valence-corrected chi connectivity index (χ4v) is 4.80. The molecule has 2 aliphatic rings. The molecule has 3 amide bonds. The molecule has 4 rings (SSSR count). The molecule has 6 nitrogen and oxygen atoms in total. The van der Waals surface area contributed by atoms with Gasteiger partial charge in [0.25, 0.3) is 5.91 Å². The molecular formula is C20H22N2O4S. The number of nitrogens with one attached hydrogen (secondary N) is 1. The largest absolute Gasteiger partial charge is 0.491 e. The Morgan fingerprint density at radius 2 is 2.07 bits per heavy atom. The van der Waals surface area contributed by atoms with Crippen molar-refractivity contribution in [3.05, 3.63) is 51.7 Å². The molecule has 0 radical (unpaired) electrons. The predicted octanol–water partition coefficient (Wildman–Crippen LogP) is 2.58. The highest BCUT2D eigenvalue weighted by Crippen LogP contribution is 2.42. The quantitative estimate of drug-likeness (QED) is 0.774. The minimum absolute atomic E-state index is 0.0107. The molecule has 1 aromatic heterocycles. The molecule has 1 aromatic carbocycles. The Bertz CT molecular complexity index is 863. The van der Waals surface area contributed by atoms with Crippen molar-refractivity contribution in [1.82, 2.24) is 10.2 Å². The highest BCUT2D eigenvalue weighted by molar-refractivity contribution is 7.10. The van der Waals surface area contributed by atoms with E-state index >= 15 is 0 Å². The van der Waals surface area contributed by atoms with Gasteiger partial charge in [0.2, 0.25) is 0 Å². The van der Waals surface area contributed by atoms with Crippen LogP contribution in [0.1, 0.15) is 28.8 Å². The van der Waals surface area contributed by atoms with Gasteiger partial charge in [-0.05, 0) is 49.8 Å². The number of hydrogen-bond acceptors (Lipinski definition) is 5. The van der Waals surface area contributed by atoms with Crippen molar-refractivity contribution >= 4 is 23.3 Å². The van der Waals surface area contributed by atoms with Crippen LogP contribution in [0.2, 0.25) is 0 Å². The van der Waals surface area contributed by atoms with Crippen molar-refractivity contribution in [1.29, 1.82) is 0 Å². The van der Waals surface area contributed by atoms with E-state index in [1.165, 1.54) is 0 Å². The van der Waals surface area contributed by atoms with Crippen LogP contribution in [0.3, 0.4) is 0 Å². The lowest BCUT2D eigenvalue weighted by Gasteiger charge is -2.31. The van der Waals surface area contributed by atoms with Gasteiger partial charge in [-0.1, -0.05) is 17.7 Å². The van der Waals surface area contributed by atoms with Crippen molar-refractivity contribution in [2.45, 2.75) is 37.8 Å². The summed E-state index contributed by atoms with van der Waals surface area (Å²) < 4.78 is 5.57. The number of hydrogen-bond donors (Lipinski definition) is 2. The number of urea groups is 1. The zero-order valence-corrected chi connectivity index (χ0v) is 15.9. The number of aliphatic hydroxyl groups is 1. The lowest BCUT2D eigenvalue weighted by molar-refractivity contribution is -0.133.